The van der Waals surface area contributed by atoms with Crippen LogP contribution in [0.15, 0.2) is 42.5 Å². The molecule has 2 aromatic carbocycles. The number of rotatable bonds is 6. The van der Waals surface area contributed by atoms with Crippen LogP contribution in [0.2, 0.25) is 0 Å². The Bertz CT molecular complexity index is 1000. The Morgan fingerprint density at radius 1 is 0.793 bits per heavy atom. The molecular formula is C21H18O8. The van der Waals surface area contributed by atoms with E-state index >= 15 is 0 Å². The summed E-state index contributed by atoms with van der Waals surface area (Å²) in [6.45, 7) is 3.62. The number of benzene rings is 2. The molecule has 0 aliphatic carbocycles. The smallest absolute Gasteiger partial charge is 0.308 e. The highest BCUT2D eigenvalue weighted by molar-refractivity contribution is 6.09. The largest absolute Gasteiger partial charge is 0.507 e. The average molecular weight is 398 g/mol. The van der Waals surface area contributed by atoms with E-state index in [0.717, 1.165) is 0 Å². The molecule has 0 aromatic heterocycles. The number of phenols is 1. The minimum Gasteiger partial charge on any atom is -0.507 e. The van der Waals surface area contributed by atoms with Gasteiger partial charge in [-0.15, -0.1) is 0 Å². The minimum absolute atomic E-state index is 0.0587. The summed E-state index contributed by atoms with van der Waals surface area (Å²) in [5, 5.41) is 10.0. The van der Waals surface area contributed by atoms with Gasteiger partial charge in [-0.2, -0.15) is 0 Å². The van der Waals surface area contributed by atoms with Gasteiger partial charge in [-0.25, -0.2) is 0 Å². The van der Waals surface area contributed by atoms with Crippen LogP contribution in [0.4, 0.5) is 0 Å². The summed E-state index contributed by atoms with van der Waals surface area (Å²) >= 11 is 0. The number of hydrogen-bond acceptors (Lipinski definition) is 8. The molecule has 29 heavy (non-hydrogen) atoms. The number of ketones is 1. The quantitative estimate of drug-likeness (QED) is 0.342. The second kappa shape index (κ2) is 9.32. The van der Waals surface area contributed by atoms with Crippen molar-refractivity contribution in [2.24, 2.45) is 0 Å². The molecule has 150 valence electrons. The van der Waals surface area contributed by atoms with Gasteiger partial charge in [0.15, 0.2) is 5.78 Å². The molecule has 0 heterocycles. The highest BCUT2D eigenvalue weighted by Crippen LogP contribution is 2.28. The Balaban J connectivity index is 2.28. The zero-order valence-electron chi connectivity index (χ0n) is 15.9. The Morgan fingerprint density at radius 2 is 1.34 bits per heavy atom. The second-order valence-corrected chi connectivity index (χ2v) is 5.86. The molecule has 0 aliphatic heterocycles. The van der Waals surface area contributed by atoms with Crippen LogP contribution in [0.25, 0.3) is 6.08 Å². The molecule has 8 nitrogen and oxygen atoms in total. The fourth-order valence-electron chi connectivity index (χ4n) is 2.32. The fourth-order valence-corrected chi connectivity index (χ4v) is 2.32. The predicted octanol–water partition coefficient (Wildman–Crippen LogP) is 3.06. The lowest BCUT2D eigenvalue weighted by atomic mass is 10.1. The molecule has 0 aliphatic rings. The topological polar surface area (TPSA) is 116 Å². The van der Waals surface area contributed by atoms with Gasteiger partial charge >= 0.3 is 17.9 Å². The first-order valence-corrected chi connectivity index (χ1v) is 8.40. The third-order valence-electron chi connectivity index (χ3n) is 3.41. The Labute approximate surface area is 166 Å². The van der Waals surface area contributed by atoms with Gasteiger partial charge < -0.3 is 19.3 Å². The van der Waals surface area contributed by atoms with Crippen LogP contribution >= 0.6 is 0 Å². The molecule has 0 saturated heterocycles. The van der Waals surface area contributed by atoms with Gasteiger partial charge in [0.2, 0.25) is 0 Å². The predicted molar refractivity (Wildman–Crippen MR) is 102 cm³/mol. The summed E-state index contributed by atoms with van der Waals surface area (Å²) in [4.78, 5) is 45.9. The lowest BCUT2D eigenvalue weighted by Crippen LogP contribution is -2.08. The van der Waals surface area contributed by atoms with Crippen LogP contribution in [0, 0.1) is 0 Å². The van der Waals surface area contributed by atoms with E-state index in [9.17, 15) is 24.3 Å². The number of aromatic hydroxyl groups is 1. The molecule has 0 saturated carbocycles. The summed E-state index contributed by atoms with van der Waals surface area (Å²) in [5.74, 6) is -2.24. The second-order valence-electron chi connectivity index (χ2n) is 5.86. The van der Waals surface area contributed by atoms with Crippen molar-refractivity contribution in [3.63, 3.8) is 0 Å². The molecule has 8 heteroatoms. The monoisotopic (exact) mass is 398 g/mol. The van der Waals surface area contributed by atoms with E-state index < -0.39 is 23.7 Å². The number of allylic oxidation sites excluding steroid dienone is 1. The summed E-state index contributed by atoms with van der Waals surface area (Å²) in [6.07, 6.45) is 2.53. The molecule has 0 atom stereocenters. The highest BCUT2D eigenvalue weighted by atomic mass is 16.5. The maximum atomic E-state index is 12.5. The number of ether oxygens (including phenoxy) is 3. The van der Waals surface area contributed by atoms with Gasteiger partial charge in [0.25, 0.3) is 0 Å². The molecular weight excluding hydrogens is 380 g/mol. The minimum atomic E-state index is -0.651. The maximum Gasteiger partial charge on any atom is 0.308 e. The van der Waals surface area contributed by atoms with Crippen molar-refractivity contribution in [1.29, 1.82) is 0 Å². The van der Waals surface area contributed by atoms with Gasteiger partial charge in [-0.1, -0.05) is 0 Å². The van der Waals surface area contributed by atoms with Crippen molar-refractivity contribution in [3.05, 3.63) is 53.6 Å². The van der Waals surface area contributed by atoms with E-state index in [1.165, 1.54) is 69.3 Å². The summed E-state index contributed by atoms with van der Waals surface area (Å²) < 4.78 is 14.8. The lowest BCUT2D eigenvalue weighted by molar-refractivity contribution is -0.133. The van der Waals surface area contributed by atoms with Crippen molar-refractivity contribution in [2.45, 2.75) is 20.8 Å². The van der Waals surface area contributed by atoms with Crippen LogP contribution in [-0.4, -0.2) is 28.8 Å². The molecule has 2 rings (SSSR count). The summed E-state index contributed by atoms with van der Waals surface area (Å²) in [5.41, 5.74) is 0.364. The van der Waals surface area contributed by atoms with Crippen molar-refractivity contribution in [1.82, 2.24) is 0 Å². The van der Waals surface area contributed by atoms with E-state index in [2.05, 4.69) is 0 Å². The summed E-state index contributed by atoms with van der Waals surface area (Å²) in [6, 6.07) is 8.17. The van der Waals surface area contributed by atoms with E-state index in [-0.39, 0.29) is 28.6 Å². The van der Waals surface area contributed by atoms with E-state index in [4.69, 9.17) is 14.2 Å². The Morgan fingerprint density at radius 3 is 1.90 bits per heavy atom. The molecule has 0 bridgehead atoms. The standard InChI is InChI=1S/C21H18O8/c1-12(22)27-16-6-4-15(20(26)10-16)5-9-19(25)18-8-7-17(28-13(2)23)11-21(18)29-14(3)24/h4-11,26H,1-3H3. The number of carbonyl (C=O) groups is 4. The van der Waals surface area contributed by atoms with Crippen LogP contribution in [0.5, 0.6) is 23.0 Å². The molecule has 0 radical (unpaired) electrons. The SMILES string of the molecule is CC(=O)Oc1ccc(C=CC(=O)c2ccc(OC(C)=O)cc2OC(C)=O)c(O)c1. The first kappa shape index (κ1) is 21.4. The highest BCUT2D eigenvalue weighted by Gasteiger charge is 2.15. The third kappa shape index (κ3) is 6.31. The molecule has 0 spiro atoms. The molecule has 0 fully saturated rings. The van der Waals surface area contributed by atoms with E-state index in [1.807, 2.05) is 0 Å². The van der Waals surface area contributed by atoms with E-state index in [0.29, 0.717) is 5.56 Å². The third-order valence-corrected chi connectivity index (χ3v) is 3.41. The first-order chi connectivity index (χ1) is 13.7. The lowest BCUT2D eigenvalue weighted by Gasteiger charge is -2.09. The van der Waals surface area contributed by atoms with Crippen molar-refractivity contribution in [3.8, 4) is 23.0 Å². The normalized spacial score (nSPS) is 10.4. The molecule has 0 amide bonds. The zero-order chi connectivity index (χ0) is 21.6. The average Bonchev–Trinajstić information content (AvgIpc) is 2.59. The van der Waals surface area contributed by atoms with Crippen molar-refractivity contribution in [2.75, 3.05) is 0 Å². The van der Waals surface area contributed by atoms with Gasteiger partial charge in [0, 0.05) is 38.5 Å². The van der Waals surface area contributed by atoms with Crippen molar-refractivity contribution >= 4 is 29.8 Å². The van der Waals surface area contributed by atoms with Gasteiger partial charge in [0.05, 0.1) is 5.56 Å². The Hall–Kier alpha value is -3.94. The van der Waals surface area contributed by atoms with Crippen molar-refractivity contribution < 1.29 is 38.5 Å². The molecule has 0 unspecified atom stereocenters. The van der Waals surface area contributed by atoms with Crippen LogP contribution in [0.1, 0.15) is 36.7 Å². The van der Waals surface area contributed by atoms with Gasteiger partial charge in [0.1, 0.15) is 23.0 Å². The fraction of sp³-hybridized carbons (Fsp3) is 0.143. The maximum absolute atomic E-state index is 12.5. The number of phenolic OH excluding ortho intramolecular Hbond substituents is 1. The first-order valence-electron chi connectivity index (χ1n) is 8.40. The summed E-state index contributed by atoms with van der Waals surface area (Å²) in [7, 11) is 0. The Kier molecular flexibility index (Phi) is 6.86. The van der Waals surface area contributed by atoms with E-state index in [1.54, 1.807) is 0 Å². The zero-order valence-corrected chi connectivity index (χ0v) is 15.9. The van der Waals surface area contributed by atoms with Gasteiger partial charge in [-0.3, -0.25) is 19.2 Å². The number of esters is 3. The van der Waals surface area contributed by atoms with Gasteiger partial charge in [-0.05, 0) is 36.4 Å². The van der Waals surface area contributed by atoms with Crippen LogP contribution in [-0.2, 0) is 14.4 Å². The van der Waals surface area contributed by atoms with Crippen LogP contribution in [0.3, 0.4) is 0 Å². The molecule has 2 aromatic rings. The van der Waals surface area contributed by atoms with Crippen LogP contribution < -0.4 is 14.2 Å². The number of hydrogen-bond donors (Lipinski definition) is 1. The number of carbonyl (C=O) groups excluding carboxylic acids is 4. The molecule has 1 N–H and O–H groups in total.